The molecule has 0 saturated heterocycles. The molecule has 2 N–H and O–H groups in total. The second-order valence-electron chi connectivity index (χ2n) is 3.62. The Balaban J connectivity index is 2.22. The first-order chi connectivity index (χ1) is 8.08. The molecule has 17 heavy (non-hydrogen) atoms. The van der Waals surface area contributed by atoms with Gasteiger partial charge in [0.05, 0.1) is 17.4 Å². The zero-order valence-corrected chi connectivity index (χ0v) is 8.97. The van der Waals surface area contributed by atoms with Crippen LogP contribution in [0.5, 0.6) is 0 Å². The Morgan fingerprint density at radius 3 is 2.53 bits per heavy atom. The molecule has 1 heterocycles. The minimum atomic E-state index is -1.21. The van der Waals surface area contributed by atoms with Crippen LogP contribution in [-0.4, -0.2) is 10.2 Å². The summed E-state index contributed by atoms with van der Waals surface area (Å²) in [4.78, 5) is 0. The van der Waals surface area contributed by atoms with Crippen LogP contribution in [0.4, 0.5) is 18.9 Å². The maximum atomic E-state index is 13.3. The van der Waals surface area contributed by atoms with Crippen molar-refractivity contribution in [2.24, 2.45) is 0 Å². The van der Waals surface area contributed by atoms with Crippen LogP contribution in [0.3, 0.4) is 0 Å². The number of aromatic amines is 1. The Morgan fingerprint density at radius 2 is 1.88 bits per heavy atom. The minimum absolute atomic E-state index is 0.0917. The van der Waals surface area contributed by atoms with Crippen molar-refractivity contribution in [1.82, 2.24) is 10.2 Å². The zero-order valence-electron chi connectivity index (χ0n) is 8.97. The fourth-order valence-electron chi connectivity index (χ4n) is 1.45. The first kappa shape index (κ1) is 11.5. The van der Waals surface area contributed by atoms with Gasteiger partial charge in [0.2, 0.25) is 0 Å². The molecule has 1 aromatic carbocycles. The van der Waals surface area contributed by atoms with Gasteiger partial charge in [0.25, 0.3) is 0 Å². The number of benzene rings is 1. The number of nitrogens with zero attached hydrogens (tertiary/aromatic N) is 1. The van der Waals surface area contributed by atoms with Gasteiger partial charge in [0, 0.05) is 18.3 Å². The van der Waals surface area contributed by atoms with Crippen LogP contribution in [0.1, 0.15) is 18.7 Å². The molecule has 0 saturated carbocycles. The van der Waals surface area contributed by atoms with E-state index in [-0.39, 0.29) is 11.7 Å². The second kappa shape index (κ2) is 4.48. The molecule has 1 atom stereocenters. The maximum absolute atomic E-state index is 13.3. The van der Waals surface area contributed by atoms with Gasteiger partial charge in [0.1, 0.15) is 5.82 Å². The standard InChI is InChI=1S/C11H10F3N3/c1-6(10-2-3-15-17-10)16-11-5-8(13)7(12)4-9(11)14/h2-6,16H,1H3,(H,15,17). The van der Waals surface area contributed by atoms with Gasteiger partial charge >= 0.3 is 0 Å². The quantitative estimate of drug-likeness (QED) is 0.811. The molecule has 6 heteroatoms. The lowest BCUT2D eigenvalue weighted by atomic mass is 10.2. The Bertz CT molecular complexity index is 511. The van der Waals surface area contributed by atoms with E-state index >= 15 is 0 Å². The third-order valence-corrected chi connectivity index (χ3v) is 2.37. The summed E-state index contributed by atoms with van der Waals surface area (Å²) in [6.07, 6.45) is 1.55. The molecular weight excluding hydrogens is 231 g/mol. The Labute approximate surface area is 95.7 Å². The molecule has 1 unspecified atom stereocenters. The number of nitrogens with one attached hydrogen (secondary N) is 2. The number of anilines is 1. The third-order valence-electron chi connectivity index (χ3n) is 2.37. The van der Waals surface area contributed by atoms with Gasteiger partial charge in [-0.05, 0) is 13.0 Å². The highest BCUT2D eigenvalue weighted by molar-refractivity contribution is 5.46. The predicted octanol–water partition coefficient (Wildman–Crippen LogP) is 3.00. The largest absolute Gasteiger partial charge is 0.375 e. The highest BCUT2D eigenvalue weighted by atomic mass is 19.2. The molecule has 0 radical (unpaired) electrons. The summed E-state index contributed by atoms with van der Waals surface area (Å²) in [7, 11) is 0. The van der Waals surface area contributed by atoms with E-state index in [0.29, 0.717) is 11.8 Å². The highest BCUT2D eigenvalue weighted by Crippen LogP contribution is 2.22. The molecule has 2 aromatic rings. The Morgan fingerprint density at radius 1 is 1.18 bits per heavy atom. The van der Waals surface area contributed by atoms with E-state index in [0.717, 1.165) is 6.07 Å². The van der Waals surface area contributed by atoms with Gasteiger partial charge in [-0.2, -0.15) is 5.10 Å². The summed E-state index contributed by atoms with van der Waals surface area (Å²) in [6.45, 7) is 1.74. The molecule has 0 fully saturated rings. The predicted molar refractivity (Wildman–Crippen MR) is 56.9 cm³/mol. The molecule has 0 amide bonds. The van der Waals surface area contributed by atoms with Crippen LogP contribution in [0.15, 0.2) is 24.4 Å². The number of aromatic nitrogens is 2. The first-order valence-electron chi connectivity index (χ1n) is 4.98. The molecule has 1 aromatic heterocycles. The summed E-state index contributed by atoms with van der Waals surface area (Å²) in [6, 6.07) is 2.71. The van der Waals surface area contributed by atoms with Crippen molar-refractivity contribution in [2.75, 3.05) is 5.32 Å². The van der Waals surface area contributed by atoms with Crippen LogP contribution in [0.2, 0.25) is 0 Å². The zero-order chi connectivity index (χ0) is 12.4. The van der Waals surface area contributed by atoms with Crippen molar-refractivity contribution < 1.29 is 13.2 Å². The van der Waals surface area contributed by atoms with Crippen molar-refractivity contribution in [1.29, 1.82) is 0 Å². The molecule has 3 nitrogen and oxygen atoms in total. The van der Waals surface area contributed by atoms with E-state index in [9.17, 15) is 13.2 Å². The molecule has 90 valence electrons. The molecule has 0 aliphatic rings. The first-order valence-corrected chi connectivity index (χ1v) is 4.98. The average molecular weight is 241 g/mol. The fourth-order valence-corrected chi connectivity index (χ4v) is 1.45. The summed E-state index contributed by atoms with van der Waals surface area (Å²) < 4.78 is 39.0. The smallest absolute Gasteiger partial charge is 0.161 e. The minimum Gasteiger partial charge on any atom is -0.375 e. The van der Waals surface area contributed by atoms with E-state index in [1.54, 1.807) is 19.2 Å². The molecule has 0 spiro atoms. The van der Waals surface area contributed by atoms with Gasteiger partial charge in [-0.3, -0.25) is 5.10 Å². The van der Waals surface area contributed by atoms with Gasteiger partial charge in [-0.1, -0.05) is 0 Å². The van der Waals surface area contributed by atoms with Crippen LogP contribution in [0, 0.1) is 17.5 Å². The van der Waals surface area contributed by atoms with Crippen LogP contribution in [0.25, 0.3) is 0 Å². The van der Waals surface area contributed by atoms with Crippen molar-refractivity contribution in [3.63, 3.8) is 0 Å². The number of hydrogen-bond acceptors (Lipinski definition) is 2. The van der Waals surface area contributed by atoms with E-state index in [4.69, 9.17) is 0 Å². The van der Waals surface area contributed by atoms with Gasteiger partial charge in [-0.25, -0.2) is 13.2 Å². The Hall–Kier alpha value is -1.98. The topological polar surface area (TPSA) is 40.7 Å². The lowest BCUT2D eigenvalue weighted by Gasteiger charge is -2.14. The summed E-state index contributed by atoms with van der Waals surface area (Å²) >= 11 is 0. The summed E-state index contributed by atoms with van der Waals surface area (Å²) in [5.74, 6) is -3.14. The molecule has 0 aliphatic heterocycles. The number of rotatable bonds is 3. The number of hydrogen-bond donors (Lipinski definition) is 2. The average Bonchev–Trinajstić information content (AvgIpc) is 2.79. The van der Waals surface area contributed by atoms with Crippen molar-refractivity contribution in [3.05, 3.63) is 47.5 Å². The monoisotopic (exact) mass is 241 g/mol. The molecular formula is C11H10F3N3. The second-order valence-corrected chi connectivity index (χ2v) is 3.62. The number of halogens is 3. The van der Waals surface area contributed by atoms with E-state index in [1.165, 1.54) is 0 Å². The van der Waals surface area contributed by atoms with Gasteiger partial charge in [-0.15, -0.1) is 0 Å². The molecule has 0 bridgehead atoms. The normalized spacial score (nSPS) is 12.5. The van der Waals surface area contributed by atoms with Gasteiger partial charge in [0.15, 0.2) is 11.6 Å². The van der Waals surface area contributed by atoms with E-state index in [1.807, 2.05) is 0 Å². The van der Waals surface area contributed by atoms with Crippen LogP contribution in [-0.2, 0) is 0 Å². The summed E-state index contributed by atoms with van der Waals surface area (Å²) in [5.41, 5.74) is 0.625. The summed E-state index contributed by atoms with van der Waals surface area (Å²) in [5, 5.41) is 9.17. The molecule has 2 rings (SSSR count). The Kier molecular flexibility index (Phi) is 3.03. The molecule has 0 aliphatic carbocycles. The van der Waals surface area contributed by atoms with Crippen LogP contribution >= 0.6 is 0 Å². The lowest BCUT2D eigenvalue weighted by Crippen LogP contribution is -2.09. The van der Waals surface area contributed by atoms with E-state index < -0.39 is 17.5 Å². The van der Waals surface area contributed by atoms with E-state index in [2.05, 4.69) is 15.5 Å². The van der Waals surface area contributed by atoms with Crippen LogP contribution < -0.4 is 5.32 Å². The fraction of sp³-hybridized carbons (Fsp3) is 0.182. The number of H-pyrrole nitrogens is 1. The van der Waals surface area contributed by atoms with Crippen molar-refractivity contribution in [2.45, 2.75) is 13.0 Å². The van der Waals surface area contributed by atoms with Crippen molar-refractivity contribution in [3.8, 4) is 0 Å². The SMILES string of the molecule is CC(Nc1cc(F)c(F)cc1F)c1ccn[nH]1. The van der Waals surface area contributed by atoms with Crippen molar-refractivity contribution >= 4 is 5.69 Å². The maximum Gasteiger partial charge on any atom is 0.161 e. The third kappa shape index (κ3) is 2.41. The lowest BCUT2D eigenvalue weighted by molar-refractivity contribution is 0.495. The highest BCUT2D eigenvalue weighted by Gasteiger charge is 2.13. The van der Waals surface area contributed by atoms with Gasteiger partial charge < -0.3 is 5.32 Å².